The Morgan fingerprint density at radius 2 is 2.16 bits per heavy atom. The number of rotatable bonds is 6. The van der Waals surface area contributed by atoms with Gasteiger partial charge in [-0.3, -0.25) is 14.6 Å². The first-order valence-corrected chi connectivity index (χ1v) is 9.41. The molecule has 2 N–H and O–H groups in total. The van der Waals surface area contributed by atoms with Crippen molar-refractivity contribution in [1.29, 1.82) is 0 Å². The number of carbonyl (C=O) groups is 2. The van der Waals surface area contributed by atoms with Crippen LogP contribution in [0.1, 0.15) is 40.3 Å². The van der Waals surface area contributed by atoms with Crippen LogP contribution in [0.4, 0.5) is 0 Å². The Morgan fingerprint density at radius 3 is 2.88 bits per heavy atom. The van der Waals surface area contributed by atoms with Crippen molar-refractivity contribution in [2.75, 3.05) is 6.54 Å². The molecule has 2 aromatic rings. The Bertz CT molecular complexity index is 715. The third-order valence-corrected chi connectivity index (χ3v) is 5.37. The van der Waals surface area contributed by atoms with Crippen LogP contribution in [0.25, 0.3) is 0 Å². The van der Waals surface area contributed by atoms with Crippen LogP contribution < -0.4 is 10.6 Å². The number of hydrogen-bond donors (Lipinski definition) is 2. The number of thiophene rings is 1. The first-order valence-electron chi connectivity index (χ1n) is 8.53. The zero-order valence-corrected chi connectivity index (χ0v) is 15.0. The molecule has 0 aliphatic heterocycles. The number of aryl methyl sites for hydroxylation is 1. The Morgan fingerprint density at radius 1 is 1.28 bits per heavy atom. The van der Waals surface area contributed by atoms with E-state index < -0.39 is 0 Å². The highest BCUT2D eigenvalue weighted by Gasteiger charge is 2.34. The molecule has 2 aromatic heterocycles. The highest BCUT2D eigenvalue weighted by molar-refractivity contribution is 7.09. The minimum absolute atomic E-state index is 0.0225. The summed E-state index contributed by atoms with van der Waals surface area (Å²) in [6.07, 6.45) is 6.43. The maximum atomic E-state index is 12.5. The molecule has 1 aliphatic carbocycles. The van der Waals surface area contributed by atoms with Gasteiger partial charge in [0.05, 0.1) is 17.8 Å². The van der Waals surface area contributed by atoms with E-state index in [1.54, 1.807) is 17.5 Å². The first kappa shape index (κ1) is 17.5. The average Bonchev–Trinajstić information content (AvgIpc) is 3.27. The molecule has 0 saturated heterocycles. The van der Waals surface area contributed by atoms with Gasteiger partial charge in [0.25, 0.3) is 5.91 Å². The molecule has 0 aromatic carbocycles. The summed E-state index contributed by atoms with van der Waals surface area (Å²) in [6, 6.07) is 3.94. The van der Waals surface area contributed by atoms with Gasteiger partial charge in [0.2, 0.25) is 5.91 Å². The van der Waals surface area contributed by atoms with Gasteiger partial charge >= 0.3 is 0 Å². The van der Waals surface area contributed by atoms with Crippen molar-refractivity contribution >= 4 is 23.2 Å². The van der Waals surface area contributed by atoms with Gasteiger partial charge in [-0.1, -0.05) is 12.5 Å². The quantitative estimate of drug-likeness (QED) is 0.828. The molecule has 1 aliphatic rings. The van der Waals surface area contributed by atoms with Crippen molar-refractivity contribution in [3.05, 3.63) is 46.2 Å². The summed E-state index contributed by atoms with van der Waals surface area (Å²) < 4.78 is 0. The van der Waals surface area contributed by atoms with E-state index >= 15 is 0 Å². The second-order valence-electron chi connectivity index (χ2n) is 6.28. The number of carbonyl (C=O) groups excluding carboxylic acids is 2. The van der Waals surface area contributed by atoms with Gasteiger partial charge in [-0.25, -0.2) is 4.98 Å². The van der Waals surface area contributed by atoms with E-state index in [0.717, 1.165) is 31.4 Å². The standard InChI is InChI=1S/C18H22N4O2S/c1-12-10-21-16(11-20-12)18(24)22-15-6-2-5-14(15)17(23)19-8-7-13-4-3-9-25-13/h3-4,9-11,14-15H,2,5-8H2,1H3,(H,19,23)(H,22,24)/t14-,15+/m0/s1. The smallest absolute Gasteiger partial charge is 0.271 e. The Labute approximate surface area is 151 Å². The molecular weight excluding hydrogens is 336 g/mol. The molecule has 132 valence electrons. The van der Waals surface area contributed by atoms with Crippen LogP contribution in [0.2, 0.25) is 0 Å². The number of amides is 2. The highest BCUT2D eigenvalue weighted by Crippen LogP contribution is 2.26. The predicted octanol–water partition coefficient (Wildman–Crippen LogP) is 2.10. The zero-order chi connectivity index (χ0) is 17.6. The van der Waals surface area contributed by atoms with Gasteiger partial charge in [0.1, 0.15) is 5.69 Å². The third kappa shape index (κ3) is 4.63. The molecule has 2 heterocycles. The largest absolute Gasteiger partial charge is 0.355 e. The summed E-state index contributed by atoms with van der Waals surface area (Å²) in [5.41, 5.74) is 1.05. The molecule has 2 atom stereocenters. The van der Waals surface area contributed by atoms with Gasteiger partial charge in [0, 0.05) is 23.7 Å². The summed E-state index contributed by atoms with van der Waals surface area (Å²) >= 11 is 1.69. The molecule has 1 fully saturated rings. The van der Waals surface area contributed by atoms with E-state index in [-0.39, 0.29) is 29.5 Å². The van der Waals surface area contributed by atoms with E-state index in [9.17, 15) is 9.59 Å². The molecular formula is C18H22N4O2S. The fraction of sp³-hybridized carbons (Fsp3) is 0.444. The maximum absolute atomic E-state index is 12.5. The van der Waals surface area contributed by atoms with Crippen LogP contribution >= 0.6 is 11.3 Å². The number of nitrogens with one attached hydrogen (secondary N) is 2. The molecule has 3 rings (SSSR count). The summed E-state index contributed by atoms with van der Waals surface area (Å²) in [4.78, 5) is 34.2. The van der Waals surface area contributed by atoms with Crippen molar-refractivity contribution in [3.63, 3.8) is 0 Å². The SMILES string of the molecule is Cc1cnc(C(=O)N[C@@H]2CCC[C@@H]2C(=O)NCCc2cccs2)cn1. The molecule has 2 amide bonds. The second kappa shape index (κ2) is 8.20. The lowest BCUT2D eigenvalue weighted by atomic mass is 10.0. The van der Waals surface area contributed by atoms with Crippen LogP contribution in [-0.2, 0) is 11.2 Å². The van der Waals surface area contributed by atoms with Gasteiger partial charge in [-0.15, -0.1) is 11.3 Å². The fourth-order valence-electron chi connectivity index (χ4n) is 3.09. The lowest BCUT2D eigenvalue weighted by Crippen LogP contribution is -2.44. The third-order valence-electron chi connectivity index (χ3n) is 4.43. The summed E-state index contributed by atoms with van der Waals surface area (Å²) in [6.45, 7) is 2.45. The summed E-state index contributed by atoms with van der Waals surface area (Å²) in [7, 11) is 0. The van der Waals surface area contributed by atoms with E-state index in [2.05, 4.69) is 26.7 Å². The number of hydrogen-bond acceptors (Lipinski definition) is 5. The molecule has 0 radical (unpaired) electrons. The van der Waals surface area contributed by atoms with Crippen molar-refractivity contribution < 1.29 is 9.59 Å². The van der Waals surface area contributed by atoms with Crippen LogP contribution in [0.15, 0.2) is 29.9 Å². The Hall–Kier alpha value is -2.28. The number of nitrogens with zero attached hydrogens (tertiary/aromatic N) is 2. The van der Waals surface area contributed by atoms with Crippen LogP contribution in [0.5, 0.6) is 0 Å². The van der Waals surface area contributed by atoms with Crippen LogP contribution in [0, 0.1) is 12.8 Å². The van der Waals surface area contributed by atoms with Crippen LogP contribution in [-0.4, -0.2) is 34.4 Å². The lowest BCUT2D eigenvalue weighted by Gasteiger charge is -2.20. The molecule has 1 saturated carbocycles. The van der Waals surface area contributed by atoms with Crippen molar-refractivity contribution in [2.45, 2.75) is 38.6 Å². The molecule has 0 bridgehead atoms. The molecule has 7 heteroatoms. The predicted molar refractivity (Wildman–Crippen MR) is 96.4 cm³/mol. The van der Waals surface area contributed by atoms with E-state index in [1.807, 2.05) is 18.4 Å². The topological polar surface area (TPSA) is 84.0 Å². The number of aromatic nitrogens is 2. The van der Waals surface area contributed by atoms with Crippen molar-refractivity contribution in [1.82, 2.24) is 20.6 Å². The van der Waals surface area contributed by atoms with E-state index in [4.69, 9.17) is 0 Å². The normalized spacial score (nSPS) is 19.6. The highest BCUT2D eigenvalue weighted by atomic mass is 32.1. The molecule has 0 unspecified atom stereocenters. The van der Waals surface area contributed by atoms with Gasteiger partial charge in [0.15, 0.2) is 0 Å². The lowest BCUT2D eigenvalue weighted by molar-refractivity contribution is -0.125. The maximum Gasteiger partial charge on any atom is 0.271 e. The van der Waals surface area contributed by atoms with E-state index in [1.165, 1.54) is 11.1 Å². The van der Waals surface area contributed by atoms with Crippen molar-refractivity contribution in [2.24, 2.45) is 5.92 Å². The van der Waals surface area contributed by atoms with Gasteiger partial charge < -0.3 is 10.6 Å². The summed E-state index contributed by atoms with van der Waals surface area (Å²) in [5.74, 6) is -0.421. The van der Waals surface area contributed by atoms with E-state index in [0.29, 0.717) is 6.54 Å². The first-order chi connectivity index (χ1) is 12.1. The fourth-order valence-corrected chi connectivity index (χ4v) is 3.80. The second-order valence-corrected chi connectivity index (χ2v) is 7.31. The van der Waals surface area contributed by atoms with Crippen molar-refractivity contribution in [3.8, 4) is 0 Å². The Kier molecular flexibility index (Phi) is 5.75. The Balaban J connectivity index is 1.51. The zero-order valence-electron chi connectivity index (χ0n) is 14.2. The average molecular weight is 358 g/mol. The summed E-state index contributed by atoms with van der Waals surface area (Å²) in [5, 5.41) is 7.99. The molecule has 25 heavy (non-hydrogen) atoms. The molecule has 6 nitrogen and oxygen atoms in total. The van der Waals surface area contributed by atoms with Crippen LogP contribution in [0.3, 0.4) is 0 Å². The van der Waals surface area contributed by atoms with Gasteiger partial charge in [-0.2, -0.15) is 0 Å². The molecule has 0 spiro atoms. The minimum atomic E-state index is -0.268. The minimum Gasteiger partial charge on any atom is -0.355 e. The van der Waals surface area contributed by atoms with Gasteiger partial charge in [-0.05, 0) is 37.6 Å². The monoisotopic (exact) mass is 358 g/mol.